The zero-order valence-electron chi connectivity index (χ0n) is 18.8. The summed E-state index contributed by atoms with van der Waals surface area (Å²) in [4.78, 5) is 20.7. The zero-order chi connectivity index (χ0) is 22.7. The molecule has 0 saturated carbocycles. The zero-order valence-corrected chi connectivity index (χ0v) is 19.6. The number of benzene rings is 1. The number of hydrogen-bond donors (Lipinski definition) is 1. The molecular weight excluding hydrogens is 424 g/mol. The molecule has 2 unspecified atom stereocenters. The molecule has 1 saturated heterocycles. The van der Waals surface area contributed by atoms with Crippen LogP contribution in [0.25, 0.3) is 0 Å². The Balaban J connectivity index is 1.43. The summed E-state index contributed by atoms with van der Waals surface area (Å²) in [5.74, 6) is 2.24. The molecule has 1 aliphatic heterocycles. The lowest BCUT2D eigenvalue weighted by Crippen LogP contribution is -2.45. The smallest absolute Gasteiger partial charge is 0.256 e. The number of carbonyl (C=O) groups is 1. The first-order valence-corrected chi connectivity index (χ1v) is 11.7. The van der Waals surface area contributed by atoms with Gasteiger partial charge in [-0.25, -0.2) is 4.98 Å². The van der Waals surface area contributed by atoms with Gasteiger partial charge in [-0.05, 0) is 52.0 Å². The lowest BCUT2D eigenvalue weighted by atomic mass is 10.2. The molecule has 7 nitrogen and oxygen atoms in total. The van der Waals surface area contributed by atoms with Crippen molar-refractivity contribution in [3.8, 4) is 0 Å². The Hall–Kier alpha value is -2.84. The fraction of sp³-hybridized carbons (Fsp3) is 0.375. The van der Waals surface area contributed by atoms with Crippen LogP contribution in [0.2, 0.25) is 0 Å². The van der Waals surface area contributed by atoms with Crippen molar-refractivity contribution < 1.29 is 14.1 Å². The van der Waals surface area contributed by atoms with Crippen molar-refractivity contribution in [1.29, 1.82) is 0 Å². The number of rotatable bonds is 6. The first kappa shape index (κ1) is 22.4. The van der Waals surface area contributed by atoms with Gasteiger partial charge in [-0.1, -0.05) is 17.3 Å². The summed E-state index contributed by atoms with van der Waals surface area (Å²) in [5, 5.41) is 6.98. The summed E-state index contributed by atoms with van der Waals surface area (Å²) in [5.41, 5.74) is 3.24. The van der Waals surface area contributed by atoms with E-state index in [1.54, 1.807) is 18.0 Å². The van der Waals surface area contributed by atoms with Gasteiger partial charge in [0.15, 0.2) is 0 Å². The third-order valence-electron chi connectivity index (χ3n) is 5.43. The fourth-order valence-corrected chi connectivity index (χ4v) is 5.05. The number of ether oxygens (including phenoxy) is 1. The van der Waals surface area contributed by atoms with Gasteiger partial charge in [0.05, 0.1) is 35.3 Å². The standard InChI is InChI=1S/C24H28N4O3S/c1-15-12-28(13-16(2)30-15)23-10-9-19(11-25-23)26-24(29)20-7-5-6-8-22(20)32-14-21-17(3)27-31-18(21)4/h5-11,15-16H,12-14H2,1-4H3,(H,26,29). The van der Waals surface area contributed by atoms with Crippen LogP contribution in [0, 0.1) is 13.8 Å². The van der Waals surface area contributed by atoms with Gasteiger partial charge >= 0.3 is 0 Å². The SMILES string of the molecule is Cc1noc(C)c1CSc1ccccc1C(=O)Nc1ccc(N2CC(C)OC(C)C2)nc1. The Labute approximate surface area is 192 Å². The molecule has 4 rings (SSSR count). The van der Waals surface area contributed by atoms with E-state index in [4.69, 9.17) is 9.26 Å². The van der Waals surface area contributed by atoms with Crippen LogP contribution < -0.4 is 10.2 Å². The highest BCUT2D eigenvalue weighted by Crippen LogP contribution is 2.29. The Morgan fingerprint density at radius 2 is 1.91 bits per heavy atom. The first-order valence-electron chi connectivity index (χ1n) is 10.7. The summed E-state index contributed by atoms with van der Waals surface area (Å²) >= 11 is 1.60. The quantitative estimate of drug-likeness (QED) is 0.536. The maximum absolute atomic E-state index is 13.0. The second-order valence-corrected chi connectivity index (χ2v) is 9.13. The number of aromatic nitrogens is 2. The second kappa shape index (κ2) is 9.75. The molecule has 0 spiro atoms. The van der Waals surface area contributed by atoms with Crippen LogP contribution >= 0.6 is 11.8 Å². The van der Waals surface area contributed by atoms with Crippen LogP contribution in [0.5, 0.6) is 0 Å². The molecule has 168 valence electrons. The molecule has 0 bridgehead atoms. The summed E-state index contributed by atoms with van der Waals surface area (Å²) in [6.07, 6.45) is 2.04. The Bertz CT molecular complexity index is 1050. The molecule has 1 aliphatic rings. The monoisotopic (exact) mass is 452 g/mol. The lowest BCUT2D eigenvalue weighted by molar-refractivity contribution is -0.00545. The van der Waals surface area contributed by atoms with Gasteiger partial charge in [-0.2, -0.15) is 0 Å². The van der Waals surface area contributed by atoms with Crippen LogP contribution in [0.4, 0.5) is 11.5 Å². The van der Waals surface area contributed by atoms with Crippen molar-refractivity contribution in [1.82, 2.24) is 10.1 Å². The highest BCUT2D eigenvalue weighted by molar-refractivity contribution is 7.98. The Morgan fingerprint density at radius 3 is 2.56 bits per heavy atom. The summed E-state index contributed by atoms with van der Waals surface area (Å²) < 4.78 is 11.0. The molecule has 1 N–H and O–H groups in total. The number of morpholine rings is 1. The summed E-state index contributed by atoms with van der Waals surface area (Å²) in [6.45, 7) is 9.58. The topological polar surface area (TPSA) is 80.5 Å². The predicted molar refractivity (Wildman–Crippen MR) is 126 cm³/mol. The molecule has 1 aromatic carbocycles. The molecular formula is C24H28N4O3S. The Kier molecular flexibility index (Phi) is 6.81. The minimum Gasteiger partial charge on any atom is -0.372 e. The van der Waals surface area contributed by atoms with E-state index in [1.807, 2.05) is 50.2 Å². The second-order valence-electron chi connectivity index (χ2n) is 8.11. The summed E-state index contributed by atoms with van der Waals surface area (Å²) in [6, 6.07) is 11.4. The molecule has 8 heteroatoms. The van der Waals surface area contributed by atoms with E-state index >= 15 is 0 Å². The highest BCUT2D eigenvalue weighted by Gasteiger charge is 2.23. The maximum atomic E-state index is 13.0. The molecule has 0 aliphatic carbocycles. The average molecular weight is 453 g/mol. The normalized spacial score (nSPS) is 18.6. The lowest BCUT2D eigenvalue weighted by Gasteiger charge is -2.36. The third kappa shape index (κ3) is 5.14. The number of hydrogen-bond acceptors (Lipinski definition) is 7. The van der Waals surface area contributed by atoms with Gasteiger partial charge in [0, 0.05) is 29.3 Å². The minimum atomic E-state index is -0.157. The van der Waals surface area contributed by atoms with Crippen LogP contribution in [0.15, 0.2) is 52.0 Å². The Morgan fingerprint density at radius 1 is 1.16 bits per heavy atom. The molecule has 1 fully saturated rings. The van der Waals surface area contributed by atoms with Gasteiger partial charge in [0.25, 0.3) is 5.91 Å². The van der Waals surface area contributed by atoms with E-state index < -0.39 is 0 Å². The molecule has 0 radical (unpaired) electrons. The van der Waals surface area contributed by atoms with Gasteiger partial charge in [0.1, 0.15) is 11.6 Å². The van der Waals surface area contributed by atoms with E-state index in [9.17, 15) is 4.79 Å². The van der Waals surface area contributed by atoms with Crippen molar-refractivity contribution in [3.05, 3.63) is 65.2 Å². The maximum Gasteiger partial charge on any atom is 0.256 e. The van der Waals surface area contributed by atoms with Crippen LogP contribution in [-0.4, -0.2) is 41.3 Å². The number of aryl methyl sites for hydroxylation is 2. The number of nitrogens with one attached hydrogen (secondary N) is 1. The molecule has 1 amide bonds. The number of pyridine rings is 1. The van der Waals surface area contributed by atoms with Crippen molar-refractivity contribution >= 4 is 29.2 Å². The van der Waals surface area contributed by atoms with Crippen LogP contribution in [-0.2, 0) is 10.5 Å². The van der Waals surface area contributed by atoms with Gasteiger partial charge in [0.2, 0.25) is 0 Å². The number of thioether (sulfide) groups is 1. The van der Waals surface area contributed by atoms with E-state index in [0.29, 0.717) is 17.0 Å². The summed E-state index contributed by atoms with van der Waals surface area (Å²) in [7, 11) is 0. The highest BCUT2D eigenvalue weighted by atomic mass is 32.2. The van der Waals surface area contributed by atoms with Crippen molar-refractivity contribution in [2.75, 3.05) is 23.3 Å². The minimum absolute atomic E-state index is 0.157. The number of nitrogens with zero attached hydrogens (tertiary/aromatic N) is 3. The molecule has 32 heavy (non-hydrogen) atoms. The van der Waals surface area contributed by atoms with E-state index in [-0.39, 0.29) is 18.1 Å². The van der Waals surface area contributed by atoms with Crippen molar-refractivity contribution in [2.45, 2.75) is 50.6 Å². The van der Waals surface area contributed by atoms with E-state index in [1.165, 1.54) is 0 Å². The van der Waals surface area contributed by atoms with Crippen molar-refractivity contribution in [3.63, 3.8) is 0 Å². The third-order valence-corrected chi connectivity index (χ3v) is 6.53. The molecule has 2 atom stereocenters. The van der Waals surface area contributed by atoms with Gasteiger partial charge < -0.3 is 19.5 Å². The van der Waals surface area contributed by atoms with Gasteiger partial charge in [-0.15, -0.1) is 11.8 Å². The number of amides is 1. The molecule has 3 heterocycles. The number of carbonyl (C=O) groups excluding carboxylic acids is 1. The van der Waals surface area contributed by atoms with Crippen LogP contribution in [0.3, 0.4) is 0 Å². The predicted octanol–water partition coefficient (Wildman–Crippen LogP) is 4.84. The van der Waals surface area contributed by atoms with E-state index in [0.717, 1.165) is 40.8 Å². The average Bonchev–Trinajstić information content (AvgIpc) is 3.09. The van der Waals surface area contributed by atoms with E-state index in [2.05, 4.69) is 34.2 Å². The number of anilines is 2. The fourth-order valence-electron chi connectivity index (χ4n) is 3.85. The van der Waals surface area contributed by atoms with Crippen molar-refractivity contribution in [2.24, 2.45) is 0 Å². The molecule has 2 aromatic heterocycles. The van der Waals surface area contributed by atoms with Crippen LogP contribution in [0.1, 0.15) is 41.2 Å². The van der Waals surface area contributed by atoms with Gasteiger partial charge in [-0.3, -0.25) is 4.79 Å². The largest absolute Gasteiger partial charge is 0.372 e. The molecule has 3 aromatic rings. The first-order chi connectivity index (χ1) is 15.4.